The first-order chi connectivity index (χ1) is 9.50. The lowest BCUT2D eigenvalue weighted by Crippen LogP contribution is -2.51. The number of carbonyl (C=O) groups excluding carboxylic acids is 1. The number of nitrogens with zero attached hydrogens (tertiary/aromatic N) is 2. The van der Waals surface area contributed by atoms with E-state index in [1.165, 1.54) is 0 Å². The number of amides is 2. The quantitative estimate of drug-likeness (QED) is 0.865. The fourth-order valence-corrected chi connectivity index (χ4v) is 3.57. The number of hydrogen-bond donors (Lipinski definition) is 1. The molecule has 2 rings (SSSR count). The van der Waals surface area contributed by atoms with Crippen molar-refractivity contribution in [3.63, 3.8) is 0 Å². The van der Waals surface area contributed by atoms with Gasteiger partial charge >= 0.3 is 12.0 Å². The molecule has 0 radical (unpaired) electrons. The molecule has 0 aromatic rings. The van der Waals surface area contributed by atoms with Crippen molar-refractivity contribution in [3.05, 3.63) is 0 Å². The van der Waals surface area contributed by atoms with Crippen LogP contribution in [0, 0.1) is 5.41 Å². The fourth-order valence-electron chi connectivity index (χ4n) is 3.57. The molecule has 0 aromatic carbocycles. The van der Waals surface area contributed by atoms with Gasteiger partial charge in [0, 0.05) is 25.7 Å². The van der Waals surface area contributed by atoms with Gasteiger partial charge in [0.25, 0.3) is 0 Å². The van der Waals surface area contributed by atoms with Crippen molar-refractivity contribution in [2.75, 3.05) is 19.6 Å². The zero-order chi connectivity index (χ0) is 14.8. The molecule has 5 heteroatoms. The zero-order valence-electron chi connectivity index (χ0n) is 12.6. The van der Waals surface area contributed by atoms with Crippen LogP contribution >= 0.6 is 0 Å². The largest absolute Gasteiger partial charge is 0.481 e. The molecule has 1 N–H and O–H groups in total. The molecule has 2 fully saturated rings. The average Bonchev–Trinajstić information content (AvgIpc) is 2.85. The molecule has 0 spiro atoms. The van der Waals surface area contributed by atoms with Gasteiger partial charge in [-0.15, -0.1) is 0 Å². The Balaban J connectivity index is 1.96. The molecule has 1 atom stereocenters. The summed E-state index contributed by atoms with van der Waals surface area (Å²) >= 11 is 0. The Labute approximate surface area is 120 Å². The summed E-state index contributed by atoms with van der Waals surface area (Å²) < 4.78 is 0. The number of piperidine rings is 1. The second-order valence-corrected chi connectivity index (χ2v) is 6.29. The summed E-state index contributed by atoms with van der Waals surface area (Å²) in [4.78, 5) is 27.8. The Bertz CT molecular complexity index is 375. The number of carboxylic acid groups (broad SMARTS) is 1. The number of hydrogen-bond acceptors (Lipinski definition) is 2. The predicted octanol–water partition coefficient (Wildman–Crippen LogP) is 2.56. The van der Waals surface area contributed by atoms with Crippen LogP contribution in [0.4, 0.5) is 4.79 Å². The first-order valence-electron chi connectivity index (χ1n) is 7.79. The Hall–Kier alpha value is -1.26. The maximum absolute atomic E-state index is 12.5. The van der Waals surface area contributed by atoms with Crippen molar-refractivity contribution in [2.24, 2.45) is 5.41 Å². The number of urea groups is 1. The van der Waals surface area contributed by atoms with Gasteiger partial charge in [-0.05, 0) is 39.0 Å². The summed E-state index contributed by atoms with van der Waals surface area (Å²) in [5.41, 5.74) is -0.609. The van der Waals surface area contributed by atoms with Crippen molar-refractivity contribution >= 4 is 12.0 Å². The lowest BCUT2D eigenvalue weighted by molar-refractivity contribution is -0.152. The second-order valence-electron chi connectivity index (χ2n) is 6.29. The number of aliphatic carboxylic acids is 1. The first-order valence-corrected chi connectivity index (χ1v) is 7.79. The van der Waals surface area contributed by atoms with Gasteiger partial charge in [0.1, 0.15) is 0 Å². The van der Waals surface area contributed by atoms with Crippen molar-refractivity contribution in [2.45, 2.75) is 58.4 Å². The minimum atomic E-state index is -0.694. The van der Waals surface area contributed by atoms with Crippen LogP contribution in [0.15, 0.2) is 0 Å². The van der Waals surface area contributed by atoms with Crippen LogP contribution in [0.1, 0.15) is 52.4 Å². The van der Waals surface area contributed by atoms with E-state index in [0.717, 1.165) is 25.8 Å². The number of likely N-dealkylation sites (tertiary alicyclic amines) is 2. The predicted molar refractivity (Wildman–Crippen MR) is 76.6 cm³/mol. The molecule has 20 heavy (non-hydrogen) atoms. The highest BCUT2D eigenvalue weighted by Gasteiger charge is 2.42. The molecule has 2 saturated heterocycles. The van der Waals surface area contributed by atoms with Crippen LogP contribution in [0.25, 0.3) is 0 Å². The molecule has 2 amide bonds. The molecule has 0 bridgehead atoms. The van der Waals surface area contributed by atoms with E-state index < -0.39 is 11.4 Å². The molecule has 114 valence electrons. The number of carboxylic acids is 1. The monoisotopic (exact) mass is 282 g/mol. The van der Waals surface area contributed by atoms with Crippen LogP contribution in [0.5, 0.6) is 0 Å². The SMILES string of the molecule is CCCC1(C(=O)O)CCN(C(=O)N2CCCC2C)CC1. The molecule has 2 heterocycles. The Morgan fingerprint density at radius 2 is 1.90 bits per heavy atom. The fraction of sp³-hybridized carbons (Fsp3) is 0.867. The van der Waals surface area contributed by atoms with Crippen LogP contribution in [0.3, 0.4) is 0 Å². The third-order valence-electron chi connectivity index (χ3n) is 4.97. The van der Waals surface area contributed by atoms with Gasteiger partial charge in [0.2, 0.25) is 0 Å². The summed E-state index contributed by atoms with van der Waals surface area (Å²) in [6.45, 7) is 6.11. The van der Waals surface area contributed by atoms with Crippen molar-refractivity contribution in [1.29, 1.82) is 0 Å². The highest BCUT2D eigenvalue weighted by atomic mass is 16.4. The molecule has 5 nitrogen and oxygen atoms in total. The second kappa shape index (κ2) is 6.02. The van der Waals surface area contributed by atoms with E-state index in [2.05, 4.69) is 6.92 Å². The molecular weight excluding hydrogens is 256 g/mol. The van der Waals surface area contributed by atoms with Gasteiger partial charge in [-0.2, -0.15) is 0 Å². The molecule has 1 unspecified atom stereocenters. The molecular formula is C15H26N2O3. The van der Waals surface area contributed by atoms with Gasteiger partial charge in [-0.3, -0.25) is 4.79 Å². The van der Waals surface area contributed by atoms with Crippen LogP contribution in [0.2, 0.25) is 0 Å². The van der Waals surface area contributed by atoms with E-state index in [0.29, 0.717) is 38.4 Å². The molecule has 0 aliphatic carbocycles. The summed E-state index contributed by atoms with van der Waals surface area (Å²) in [6.07, 6.45) is 4.92. The third kappa shape index (κ3) is 2.76. The van der Waals surface area contributed by atoms with E-state index in [4.69, 9.17) is 0 Å². The highest BCUT2D eigenvalue weighted by molar-refractivity contribution is 5.77. The third-order valence-corrected chi connectivity index (χ3v) is 4.97. The van der Waals surface area contributed by atoms with Gasteiger partial charge in [-0.1, -0.05) is 13.3 Å². The minimum Gasteiger partial charge on any atom is -0.481 e. The standard InChI is InChI=1S/C15H26N2O3/c1-3-6-15(13(18)19)7-10-16(11-8-15)14(20)17-9-4-5-12(17)2/h12H,3-11H2,1-2H3,(H,18,19). The van der Waals surface area contributed by atoms with Gasteiger partial charge < -0.3 is 14.9 Å². The van der Waals surface area contributed by atoms with E-state index in [9.17, 15) is 14.7 Å². The van der Waals surface area contributed by atoms with Crippen molar-refractivity contribution < 1.29 is 14.7 Å². The van der Waals surface area contributed by atoms with Crippen molar-refractivity contribution in [1.82, 2.24) is 9.80 Å². The number of rotatable bonds is 3. The minimum absolute atomic E-state index is 0.102. The topological polar surface area (TPSA) is 60.9 Å². The molecule has 0 saturated carbocycles. The smallest absolute Gasteiger partial charge is 0.320 e. The van der Waals surface area contributed by atoms with Crippen LogP contribution in [-0.4, -0.2) is 52.6 Å². The lowest BCUT2D eigenvalue weighted by atomic mass is 9.75. The maximum atomic E-state index is 12.5. The van der Waals surface area contributed by atoms with Crippen LogP contribution in [-0.2, 0) is 4.79 Å². The normalized spacial score (nSPS) is 25.8. The molecule has 2 aliphatic rings. The lowest BCUT2D eigenvalue weighted by Gasteiger charge is -2.40. The van der Waals surface area contributed by atoms with Crippen LogP contribution < -0.4 is 0 Å². The Morgan fingerprint density at radius 3 is 2.35 bits per heavy atom. The highest BCUT2D eigenvalue weighted by Crippen LogP contribution is 2.37. The summed E-state index contributed by atoms with van der Waals surface area (Å²) in [5, 5.41) is 9.48. The van der Waals surface area contributed by atoms with Gasteiger partial charge in [0.15, 0.2) is 0 Å². The van der Waals surface area contributed by atoms with E-state index in [-0.39, 0.29) is 6.03 Å². The average molecular weight is 282 g/mol. The summed E-state index contributed by atoms with van der Waals surface area (Å²) in [5.74, 6) is -0.694. The van der Waals surface area contributed by atoms with E-state index in [1.54, 1.807) is 0 Å². The van der Waals surface area contributed by atoms with Crippen molar-refractivity contribution in [3.8, 4) is 0 Å². The molecule has 0 aromatic heterocycles. The Morgan fingerprint density at radius 1 is 1.25 bits per heavy atom. The van der Waals surface area contributed by atoms with E-state index >= 15 is 0 Å². The summed E-state index contributed by atoms with van der Waals surface area (Å²) in [7, 11) is 0. The first kappa shape index (κ1) is 15.1. The maximum Gasteiger partial charge on any atom is 0.320 e. The zero-order valence-corrected chi connectivity index (χ0v) is 12.6. The Kier molecular flexibility index (Phi) is 4.55. The number of carbonyl (C=O) groups is 2. The van der Waals surface area contributed by atoms with Gasteiger partial charge in [0.05, 0.1) is 5.41 Å². The molecule has 2 aliphatic heterocycles. The van der Waals surface area contributed by atoms with E-state index in [1.807, 2.05) is 16.7 Å². The van der Waals surface area contributed by atoms with Gasteiger partial charge in [-0.25, -0.2) is 4.79 Å². The summed E-state index contributed by atoms with van der Waals surface area (Å²) in [6, 6.07) is 0.426.